The normalized spacial score (nSPS) is 12.1. The predicted molar refractivity (Wildman–Crippen MR) is 57.0 cm³/mol. The lowest BCUT2D eigenvalue weighted by atomic mass is 10.3. The first-order valence-corrected chi connectivity index (χ1v) is 4.68. The molecule has 0 aliphatic carbocycles. The molecule has 14 heavy (non-hydrogen) atoms. The molecule has 1 rings (SSSR count). The Bertz CT molecular complexity index is 302. The van der Waals surface area contributed by atoms with Gasteiger partial charge in [-0.05, 0) is 12.1 Å². The number of halogens is 1. The van der Waals surface area contributed by atoms with Crippen LogP contribution in [-0.4, -0.2) is 30.0 Å². The van der Waals surface area contributed by atoms with Crippen molar-refractivity contribution in [3.63, 3.8) is 0 Å². The van der Waals surface area contributed by atoms with Crippen LogP contribution in [0.15, 0.2) is 30.3 Å². The predicted octanol–water partition coefficient (Wildman–Crippen LogP) is 1.81. The van der Waals surface area contributed by atoms with Gasteiger partial charge in [0.05, 0.1) is 0 Å². The van der Waals surface area contributed by atoms with Crippen molar-refractivity contribution in [3.05, 3.63) is 30.3 Å². The van der Waals surface area contributed by atoms with Crippen molar-refractivity contribution in [2.75, 3.05) is 18.5 Å². The van der Waals surface area contributed by atoms with Gasteiger partial charge in [0.15, 0.2) is 0 Å². The van der Waals surface area contributed by atoms with Gasteiger partial charge in [0.1, 0.15) is 5.38 Å². The number of carboxylic acid groups (broad SMARTS) is 1. The van der Waals surface area contributed by atoms with Gasteiger partial charge in [-0.2, -0.15) is 0 Å². The molecule has 0 radical (unpaired) electrons. The quantitative estimate of drug-likeness (QED) is 0.776. The third-order valence-corrected chi connectivity index (χ3v) is 2.22. The summed E-state index contributed by atoms with van der Waals surface area (Å²) in [6, 6.07) is 9.52. The van der Waals surface area contributed by atoms with E-state index in [9.17, 15) is 4.79 Å². The number of rotatable bonds is 4. The molecule has 0 heterocycles. The number of carbonyl (C=O) groups is 1. The maximum absolute atomic E-state index is 10.5. The van der Waals surface area contributed by atoms with E-state index in [-0.39, 0.29) is 0 Å². The van der Waals surface area contributed by atoms with Crippen LogP contribution in [0.2, 0.25) is 0 Å². The van der Waals surface area contributed by atoms with Crippen LogP contribution in [0, 0.1) is 0 Å². The van der Waals surface area contributed by atoms with E-state index in [1.54, 1.807) is 0 Å². The van der Waals surface area contributed by atoms with Gasteiger partial charge in [-0.1, -0.05) is 18.2 Å². The fourth-order valence-corrected chi connectivity index (χ4v) is 1.31. The van der Waals surface area contributed by atoms with Gasteiger partial charge in [-0.15, -0.1) is 11.6 Å². The van der Waals surface area contributed by atoms with Crippen LogP contribution in [0.5, 0.6) is 0 Å². The van der Waals surface area contributed by atoms with Crippen molar-refractivity contribution in [2.24, 2.45) is 0 Å². The number of benzene rings is 1. The number of aliphatic carboxylic acids is 1. The smallest absolute Gasteiger partial charge is 0.323 e. The Morgan fingerprint density at radius 3 is 2.57 bits per heavy atom. The molecule has 1 atom stereocenters. The maximum Gasteiger partial charge on any atom is 0.323 e. The molecule has 3 nitrogen and oxygen atoms in total. The van der Waals surface area contributed by atoms with E-state index in [0.29, 0.717) is 6.54 Å². The lowest BCUT2D eigenvalue weighted by Crippen LogP contribution is -2.30. The Kier molecular flexibility index (Phi) is 3.77. The van der Waals surface area contributed by atoms with Crippen molar-refractivity contribution in [1.29, 1.82) is 0 Å². The molecule has 4 heteroatoms. The minimum absolute atomic E-state index is 0.293. The van der Waals surface area contributed by atoms with E-state index < -0.39 is 11.3 Å². The van der Waals surface area contributed by atoms with Crippen molar-refractivity contribution in [3.8, 4) is 0 Å². The molecule has 0 aliphatic heterocycles. The number of alkyl halides is 1. The third-order valence-electron chi connectivity index (χ3n) is 1.90. The van der Waals surface area contributed by atoms with Crippen LogP contribution >= 0.6 is 11.6 Å². The largest absolute Gasteiger partial charge is 0.480 e. The standard InChI is InChI=1S/C10H12ClNO2/c1-12(7-9(11)10(13)14)8-5-3-2-4-6-8/h2-6,9H,7H2,1H3,(H,13,14). The number of nitrogens with zero attached hydrogens (tertiary/aromatic N) is 1. The molecular weight excluding hydrogens is 202 g/mol. The van der Waals surface area contributed by atoms with E-state index in [1.165, 1.54) is 0 Å². The summed E-state index contributed by atoms with van der Waals surface area (Å²) in [5, 5.41) is 7.74. The highest BCUT2D eigenvalue weighted by molar-refractivity contribution is 6.30. The minimum Gasteiger partial charge on any atom is -0.480 e. The Morgan fingerprint density at radius 1 is 1.50 bits per heavy atom. The average Bonchev–Trinajstić information content (AvgIpc) is 2.19. The van der Waals surface area contributed by atoms with Crippen molar-refractivity contribution in [2.45, 2.75) is 5.38 Å². The van der Waals surface area contributed by atoms with Gasteiger partial charge in [-0.25, -0.2) is 0 Å². The first-order chi connectivity index (χ1) is 6.61. The number of para-hydroxylation sites is 1. The molecule has 0 aliphatic rings. The monoisotopic (exact) mass is 213 g/mol. The van der Waals surface area contributed by atoms with E-state index >= 15 is 0 Å². The Balaban J connectivity index is 2.59. The maximum atomic E-state index is 10.5. The lowest BCUT2D eigenvalue weighted by molar-refractivity contribution is -0.136. The zero-order valence-electron chi connectivity index (χ0n) is 7.85. The summed E-state index contributed by atoms with van der Waals surface area (Å²) in [7, 11) is 1.81. The Hall–Kier alpha value is -1.22. The second-order valence-electron chi connectivity index (χ2n) is 3.02. The molecule has 0 saturated heterocycles. The number of anilines is 1. The van der Waals surface area contributed by atoms with E-state index in [1.807, 2.05) is 42.3 Å². The molecule has 0 saturated carbocycles. The topological polar surface area (TPSA) is 40.5 Å². The van der Waals surface area contributed by atoms with E-state index in [0.717, 1.165) is 5.69 Å². The first-order valence-electron chi connectivity index (χ1n) is 4.24. The van der Waals surface area contributed by atoms with Crippen LogP contribution < -0.4 is 4.90 Å². The van der Waals surface area contributed by atoms with Crippen LogP contribution in [0.25, 0.3) is 0 Å². The van der Waals surface area contributed by atoms with Crippen molar-refractivity contribution >= 4 is 23.3 Å². The summed E-state index contributed by atoms with van der Waals surface area (Å²) >= 11 is 5.62. The second-order valence-corrected chi connectivity index (χ2v) is 3.55. The molecular formula is C10H12ClNO2. The molecule has 1 unspecified atom stereocenters. The lowest BCUT2D eigenvalue weighted by Gasteiger charge is -2.20. The van der Waals surface area contributed by atoms with Crippen molar-refractivity contribution < 1.29 is 9.90 Å². The average molecular weight is 214 g/mol. The SMILES string of the molecule is CN(CC(Cl)C(=O)O)c1ccccc1. The molecule has 0 spiro atoms. The number of hydrogen-bond acceptors (Lipinski definition) is 2. The summed E-state index contributed by atoms with van der Waals surface area (Å²) in [6.45, 7) is 0.293. The van der Waals surface area contributed by atoms with E-state index in [2.05, 4.69) is 0 Å². The summed E-state index contributed by atoms with van der Waals surface area (Å²) in [6.07, 6.45) is 0. The van der Waals surface area contributed by atoms with Crippen LogP contribution in [-0.2, 0) is 4.79 Å². The van der Waals surface area contributed by atoms with Gasteiger partial charge < -0.3 is 10.0 Å². The summed E-state index contributed by atoms with van der Waals surface area (Å²) in [4.78, 5) is 12.3. The highest BCUT2D eigenvalue weighted by Crippen LogP contribution is 2.12. The molecule has 0 aromatic heterocycles. The molecule has 0 bridgehead atoms. The summed E-state index contributed by atoms with van der Waals surface area (Å²) < 4.78 is 0. The van der Waals surface area contributed by atoms with Crippen molar-refractivity contribution in [1.82, 2.24) is 0 Å². The fraction of sp³-hybridized carbons (Fsp3) is 0.300. The Labute approximate surface area is 87.9 Å². The van der Waals surface area contributed by atoms with Crippen LogP contribution in [0.3, 0.4) is 0 Å². The van der Waals surface area contributed by atoms with Gasteiger partial charge in [0, 0.05) is 19.3 Å². The van der Waals surface area contributed by atoms with E-state index in [4.69, 9.17) is 16.7 Å². The minimum atomic E-state index is -0.991. The number of carboxylic acids is 1. The first kappa shape index (κ1) is 10.9. The fourth-order valence-electron chi connectivity index (χ4n) is 1.11. The van der Waals surface area contributed by atoms with Crippen LogP contribution in [0.1, 0.15) is 0 Å². The van der Waals surface area contributed by atoms with Crippen LogP contribution in [0.4, 0.5) is 5.69 Å². The molecule has 76 valence electrons. The zero-order chi connectivity index (χ0) is 10.6. The van der Waals surface area contributed by atoms with Gasteiger partial charge in [0.25, 0.3) is 0 Å². The summed E-state index contributed by atoms with van der Waals surface area (Å²) in [5.74, 6) is -0.991. The highest BCUT2D eigenvalue weighted by atomic mass is 35.5. The number of hydrogen-bond donors (Lipinski definition) is 1. The summed E-state index contributed by atoms with van der Waals surface area (Å²) in [5.41, 5.74) is 0.958. The zero-order valence-corrected chi connectivity index (χ0v) is 8.61. The molecule has 0 fully saturated rings. The third kappa shape index (κ3) is 2.92. The molecule has 1 N–H and O–H groups in total. The highest BCUT2D eigenvalue weighted by Gasteiger charge is 2.15. The van der Waals surface area contributed by atoms with Gasteiger partial charge >= 0.3 is 5.97 Å². The van der Waals surface area contributed by atoms with Gasteiger partial charge in [-0.3, -0.25) is 4.79 Å². The van der Waals surface area contributed by atoms with Gasteiger partial charge in [0.2, 0.25) is 0 Å². The molecule has 0 amide bonds. The Morgan fingerprint density at radius 2 is 2.07 bits per heavy atom. The second kappa shape index (κ2) is 4.86. The molecule has 1 aromatic carbocycles. The molecule has 1 aromatic rings.